The quantitative estimate of drug-likeness (QED) is 0.862. The SMILES string of the molecule is NC(=O)C(Cc1ccccc1)c1cccc(O)c1. The Morgan fingerprint density at radius 1 is 1.11 bits per heavy atom. The first-order valence-electron chi connectivity index (χ1n) is 5.79. The molecule has 2 aromatic rings. The van der Waals surface area contributed by atoms with Crippen molar-refractivity contribution in [3.63, 3.8) is 0 Å². The number of hydrogen-bond donors (Lipinski definition) is 2. The van der Waals surface area contributed by atoms with Gasteiger partial charge >= 0.3 is 0 Å². The summed E-state index contributed by atoms with van der Waals surface area (Å²) in [4.78, 5) is 11.6. The van der Waals surface area contributed by atoms with E-state index in [0.717, 1.165) is 11.1 Å². The molecule has 1 atom stereocenters. The number of amides is 1. The molecule has 0 aliphatic rings. The third-order valence-corrected chi connectivity index (χ3v) is 2.90. The van der Waals surface area contributed by atoms with E-state index in [0.29, 0.717) is 6.42 Å². The molecule has 0 radical (unpaired) electrons. The molecule has 0 aliphatic carbocycles. The molecule has 0 saturated heterocycles. The Balaban J connectivity index is 2.27. The highest BCUT2D eigenvalue weighted by Crippen LogP contribution is 2.23. The summed E-state index contributed by atoms with van der Waals surface area (Å²) in [5.41, 5.74) is 7.23. The topological polar surface area (TPSA) is 63.3 Å². The summed E-state index contributed by atoms with van der Waals surface area (Å²) in [6, 6.07) is 16.4. The normalized spacial score (nSPS) is 12.0. The van der Waals surface area contributed by atoms with E-state index in [9.17, 15) is 9.90 Å². The van der Waals surface area contributed by atoms with Crippen molar-refractivity contribution in [3.05, 3.63) is 65.7 Å². The van der Waals surface area contributed by atoms with Crippen molar-refractivity contribution in [2.45, 2.75) is 12.3 Å². The predicted molar refractivity (Wildman–Crippen MR) is 70.2 cm³/mol. The number of carbonyl (C=O) groups excluding carboxylic acids is 1. The summed E-state index contributed by atoms with van der Waals surface area (Å²) in [5.74, 6) is -0.657. The smallest absolute Gasteiger partial charge is 0.225 e. The maximum Gasteiger partial charge on any atom is 0.225 e. The molecule has 0 fully saturated rings. The number of benzene rings is 2. The lowest BCUT2D eigenvalue weighted by atomic mass is 9.91. The van der Waals surface area contributed by atoms with E-state index in [1.807, 2.05) is 30.3 Å². The van der Waals surface area contributed by atoms with Crippen LogP contribution in [0.5, 0.6) is 5.75 Å². The van der Waals surface area contributed by atoms with E-state index in [1.54, 1.807) is 24.3 Å². The minimum atomic E-state index is -0.417. The fourth-order valence-corrected chi connectivity index (χ4v) is 1.97. The first kappa shape index (κ1) is 12.2. The molecule has 18 heavy (non-hydrogen) atoms. The highest BCUT2D eigenvalue weighted by Gasteiger charge is 2.18. The average molecular weight is 241 g/mol. The van der Waals surface area contributed by atoms with E-state index in [2.05, 4.69) is 0 Å². The number of nitrogens with two attached hydrogens (primary N) is 1. The molecule has 3 N–H and O–H groups in total. The first-order valence-corrected chi connectivity index (χ1v) is 5.79. The van der Waals surface area contributed by atoms with Crippen molar-refractivity contribution in [3.8, 4) is 5.75 Å². The Morgan fingerprint density at radius 3 is 2.44 bits per heavy atom. The van der Waals surface area contributed by atoms with Crippen LogP contribution < -0.4 is 5.73 Å². The largest absolute Gasteiger partial charge is 0.508 e. The highest BCUT2D eigenvalue weighted by molar-refractivity contribution is 5.82. The van der Waals surface area contributed by atoms with Gasteiger partial charge in [0.05, 0.1) is 5.92 Å². The fourth-order valence-electron chi connectivity index (χ4n) is 1.97. The molecule has 2 aromatic carbocycles. The van der Waals surface area contributed by atoms with Gasteiger partial charge in [0.25, 0.3) is 0 Å². The molecule has 0 aliphatic heterocycles. The summed E-state index contributed by atoms with van der Waals surface area (Å²) in [7, 11) is 0. The van der Waals surface area contributed by atoms with Crippen molar-refractivity contribution in [2.24, 2.45) is 5.73 Å². The zero-order valence-corrected chi connectivity index (χ0v) is 9.91. The molecule has 0 spiro atoms. The van der Waals surface area contributed by atoms with E-state index >= 15 is 0 Å². The summed E-state index contributed by atoms with van der Waals surface area (Å²) in [5, 5.41) is 9.46. The highest BCUT2D eigenvalue weighted by atomic mass is 16.3. The minimum absolute atomic E-state index is 0.145. The summed E-state index contributed by atoms with van der Waals surface area (Å²) in [6.45, 7) is 0. The Labute approximate surface area is 106 Å². The van der Waals surface area contributed by atoms with Crippen molar-refractivity contribution in [1.29, 1.82) is 0 Å². The average Bonchev–Trinajstić information content (AvgIpc) is 2.37. The van der Waals surface area contributed by atoms with Gasteiger partial charge in [0.1, 0.15) is 5.75 Å². The van der Waals surface area contributed by atoms with Crippen LogP contribution in [0.25, 0.3) is 0 Å². The number of primary amides is 1. The Hall–Kier alpha value is -2.29. The van der Waals surface area contributed by atoms with Gasteiger partial charge in [0, 0.05) is 0 Å². The zero-order valence-electron chi connectivity index (χ0n) is 9.91. The standard InChI is InChI=1S/C15H15NO2/c16-15(18)14(9-11-5-2-1-3-6-11)12-7-4-8-13(17)10-12/h1-8,10,14,17H,9H2,(H2,16,18). The fraction of sp³-hybridized carbons (Fsp3) is 0.133. The number of carbonyl (C=O) groups is 1. The van der Waals surface area contributed by atoms with Gasteiger partial charge in [-0.1, -0.05) is 42.5 Å². The summed E-state index contributed by atoms with van der Waals surface area (Å²) < 4.78 is 0. The first-order chi connectivity index (χ1) is 8.66. The minimum Gasteiger partial charge on any atom is -0.508 e. The molecule has 3 nitrogen and oxygen atoms in total. The van der Waals surface area contributed by atoms with E-state index in [-0.39, 0.29) is 11.7 Å². The van der Waals surface area contributed by atoms with Crippen LogP contribution >= 0.6 is 0 Å². The molecule has 1 unspecified atom stereocenters. The van der Waals surface area contributed by atoms with Gasteiger partial charge in [0.2, 0.25) is 5.91 Å². The Bertz CT molecular complexity index is 537. The summed E-state index contributed by atoms with van der Waals surface area (Å²) >= 11 is 0. The van der Waals surface area contributed by atoms with Crippen molar-refractivity contribution >= 4 is 5.91 Å². The van der Waals surface area contributed by atoms with Crippen LogP contribution in [0, 0.1) is 0 Å². The van der Waals surface area contributed by atoms with Gasteiger partial charge in [-0.25, -0.2) is 0 Å². The Morgan fingerprint density at radius 2 is 1.83 bits per heavy atom. The van der Waals surface area contributed by atoms with Crippen molar-refractivity contribution < 1.29 is 9.90 Å². The second-order valence-corrected chi connectivity index (χ2v) is 4.24. The number of rotatable bonds is 4. The molecule has 0 saturated carbocycles. The third-order valence-electron chi connectivity index (χ3n) is 2.90. The van der Waals surface area contributed by atoms with Crippen LogP contribution in [-0.4, -0.2) is 11.0 Å². The number of phenolic OH excluding ortho intramolecular Hbond substituents is 1. The lowest BCUT2D eigenvalue weighted by Crippen LogP contribution is -2.23. The lowest BCUT2D eigenvalue weighted by Gasteiger charge is -2.14. The van der Waals surface area contributed by atoms with Crippen molar-refractivity contribution in [1.82, 2.24) is 0 Å². The molecule has 0 heterocycles. The van der Waals surface area contributed by atoms with Gasteiger partial charge in [-0.3, -0.25) is 4.79 Å². The van der Waals surface area contributed by atoms with Crippen LogP contribution in [0.15, 0.2) is 54.6 Å². The molecule has 1 amide bonds. The van der Waals surface area contributed by atoms with Gasteiger partial charge in [-0.2, -0.15) is 0 Å². The summed E-state index contributed by atoms with van der Waals surface area (Å²) in [6.07, 6.45) is 0.541. The second-order valence-electron chi connectivity index (χ2n) is 4.24. The van der Waals surface area contributed by atoms with Gasteiger partial charge in [0.15, 0.2) is 0 Å². The van der Waals surface area contributed by atoms with Crippen LogP contribution in [0.3, 0.4) is 0 Å². The molecular weight excluding hydrogens is 226 g/mol. The van der Waals surface area contributed by atoms with Gasteiger partial charge in [-0.15, -0.1) is 0 Å². The van der Waals surface area contributed by atoms with E-state index in [4.69, 9.17) is 5.73 Å². The number of phenols is 1. The number of hydrogen-bond acceptors (Lipinski definition) is 2. The van der Waals surface area contributed by atoms with Crippen LogP contribution in [0.1, 0.15) is 17.0 Å². The zero-order chi connectivity index (χ0) is 13.0. The van der Waals surface area contributed by atoms with E-state index in [1.165, 1.54) is 0 Å². The third kappa shape index (κ3) is 2.88. The second kappa shape index (κ2) is 5.36. The molecule has 0 bridgehead atoms. The van der Waals surface area contributed by atoms with Gasteiger partial charge in [-0.05, 0) is 29.7 Å². The maximum absolute atomic E-state index is 11.6. The molecule has 92 valence electrons. The molecule has 3 heteroatoms. The molecule has 0 aromatic heterocycles. The Kier molecular flexibility index (Phi) is 3.63. The van der Waals surface area contributed by atoms with Crippen LogP contribution in [0.4, 0.5) is 0 Å². The number of aromatic hydroxyl groups is 1. The van der Waals surface area contributed by atoms with Crippen LogP contribution in [0.2, 0.25) is 0 Å². The molecular formula is C15H15NO2. The monoisotopic (exact) mass is 241 g/mol. The van der Waals surface area contributed by atoms with Crippen LogP contribution in [-0.2, 0) is 11.2 Å². The van der Waals surface area contributed by atoms with Gasteiger partial charge < -0.3 is 10.8 Å². The van der Waals surface area contributed by atoms with Crippen molar-refractivity contribution in [2.75, 3.05) is 0 Å². The lowest BCUT2D eigenvalue weighted by molar-refractivity contribution is -0.119. The van der Waals surface area contributed by atoms with E-state index < -0.39 is 5.92 Å². The molecule has 2 rings (SSSR count). The predicted octanol–water partition coefficient (Wildman–Crippen LogP) is 2.20. The maximum atomic E-state index is 11.6.